The number of nitrogens with zero attached hydrogens (tertiary/aromatic N) is 1. The zero-order valence-electron chi connectivity index (χ0n) is 18.2. The first kappa shape index (κ1) is 20.1. The van der Waals surface area contributed by atoms with Crippen LogP contribution in [-0.2, 0) is 6.54 Å². The van der Waals surface area contributed by atoms with E-state index < -0.39 is 0 Å². The van der Waals surface area contributed by atoms with Crippen LogP contribution in [0.2, 0.25) is 0 Å². The topological polar surface area (TPSA) is 14.2 Å². The molecule has 0 bridgehead atoms. The van der Waals surface area contributed by atoms with Crippen molar-refractivity contribution < 1.29 is 4.74 Å². The van der Waals surface area contributed by atoms with Crippen LogP contribution in [0.3, 0.4) is 0 Å². The summed E-state index contributed by atoms with van der Waals surface area (Å²) in [5.74, 6) is 0.909. The van der Waals surface area contributed by atoms with Gasteiger partial charge in [0.15, 0.2) is 0 Å². The van der Waals surface area contributed by atoms with Crippen molar-refractivity contribution in [2.24, 2.45) is 0 Å². The van der Waals surface area contributed by atoms with Crippen LogP contribution in [0.1, 0.15) is 24.0 Å². The van der Waals surface area contributed by atoms with E-state index in [2.05, 4.69) is 83.9 Å². The molecule has 2 nitrogen and oxygen atoms in total. The van der Waals surface area contributed by atoms with Crippen LogP contribution in [0.5, 0.6) is 5.75 Å². The second-order valence-electron chi connectivity index (χ2n) is 8.11. The van der Waals surface area contributed by atoms with E-state index in [4.69, 9.17) is 4.74 Å². The normalized spacial score (nSPS) is 11.1. The second-order valence-corrected chi connectivity index (χ2v) is 8.11. The molecule has 32 heavy (non-hydrogen) atoms. The van der Waals surface area contributed by atoms with Crippen LogP contribution >= 0.6 is 0 Å². The van der Waals surface area contributed by atoms with Gasteiger partial charge in [0.2, 0.25) is 0 Å². The maximum absolute atomic E-state index is 6.00. The number of rotatable bonds is 8. The molecule has 0 aliphatic rings. The van der Waals surface area contributed by atoms with E-state index in [0.717, 1.165) is 48.4 Å². The maximum atomic E-state index is 6.00. The third-order valence-electron chi connectivity index (χ3n) is 6.05. The van der Waals surface area contributed by atoms with E-state index in [0.29, 0.717) is 0 Å². The molecular weight excluding hydrogens is 390 g/mol. The molecule has 5 rings (SSSR count). The summed E-state index contributed by atoms with van der Waals surface area (Å²) in [6, 6.07) is 35.9. The maximum Gasteiger partial charge on any atom is 0.119 e. The minimum absolute atomic E-state index is 0.718. The molecule has 2 heteroatoms. The van der Waals surface area contributed by atoms with Crippen molar-refractivity contribution in [1.82, 2.24) is 4.57 Å². The van der Waals surface area contributed by atoms with Gasteiger partial charge in [-0.3, -0.25) is 0 Å². The van der Waals surface area contributed by atoms with Gasteiger partial charge < -0.3 is 9.30 Å². The molecule has 0 amide bonds. The zero-order chi connectivity index (χ0) is 21.8. The summed E-state index contributed by atoms with van der Waals surface area (Å²) >= 11 is 0. The number of para-hydroxylation sites is 2. The van der Waals surface area contributed by atoms with Crippen LogP contribution in [-0.4, -0.2) is 11.2 Å². The molecule has 4 aromatic carbocycles. The molecule has 0 N–H and O–H groups in total. The Bertz CT molecular complexity index is 1290. The molecule has 0 saturated heterocycles. The number of ether oxygens (including phenoxy) is 1. The first-order valence-corrected chi connectivity index (χ1v) is 11.2. The Kier molecular flexibility index (Phi) is 5.76. The number of hydrogen-bond donors (Lipinski definition) is 0. The minimum atomic E-state index is 0.718. The van der Waals surface area contributed by atoms with Gasteiger partial charge in [0.1, 0.15) is 5.75 Å². The van der Waals surface area contributed by atoms with Crippen LogP contribution in [0, 0.1) is 0 Å². The summed E-state index contributed by atoms with van der Waals surface area (Å²) in [7, 11) is 0. The fourth-order valence-corrected chi connectivity index (χ4v) is 4.36. The van der Waals surface area contributed by atoms with E-state index >= 15 is 0 Å². The number of aromatic nitrogens is 1. The Balaban J connectivity index is 1.17. The molecule has 1 heterocycles. The zero-order valence-corrected chi connectivity index (χ0v) is 18.2. The van der Waals surface area contributed by atoms with Crippen molar-refractivity contribution in [3.05, 3.63) is 121 Å². The number of fused-ring (bicyclic) bond motifs is 3. The quantitative estimate of drug-likeness (QED) is 0.236. The molecule has 0 spiro atoms. The summed E-state index contributed by atoms with van der Waals surface area (Å²) in [5.41, 5.74) is 5.91. The smallest absolute Gasteiger partial charge is 0.119 e. The van der Waals surface area contributed by atoms with Gasteiger partial charge in [-0.2, -0.15) is 0 Å². The van der Waals surface area contributed by atoms with Crippen molar-refractivity contribution >= 4 is 27.4 Å². The summed E-state index contributed by atoms with van der Waals surface area (Å²) in [4.78, 5) is 0. The Hall–Kier alpha value is -3.78. The fraction of sp³-hybridized carbons (Fsp3) is 0.133. The van der Waals surface area contributed by atoms with Crippen molar-refractivity contribution in [2.45, 2.75) is 19.4 Å². The van der Waals surface area contributed by atoms with Gasteiger partial charge in [-0.15, -0.1) is 0 Å². The Labute approximate surface area is 189 Å². The molecule has 0 unspecified atom stereocenters. The van der Waals surface area contributed by atoms with Crippen LogP contribution in [0.15, 0.2) is 110 Å². The standard InChI is InChI=1S/C30H27NO/c1-23(24-11-3-2-4-12-24)25-17-19-26(20-18-25)32-22-10-9-21-31-29-15-7-5-13-27(29)28-14-6-8-16-30(28)31/h2-8,11-20H,1,9-10,21-22H2. The SMILES string of the molecule is C=C(c1ccccc1)c1ccc(OCCCCn2c3ccccc3c3ccccc32)cc1. The number of hydrogen-bond acceptors (Lipinski definition) is 1. The first-order valence-electron chi connectivity index (χ1n) is 11.2. The Morgan fingerprint density at radius 1 is 0.625 bits per heavy atom. The minimum Gasteiger partial charge on any atom is -0.494 e. The van der Waals surface area contributed by atoms with E-state index in [1.807, 2.05) is 30.3 Å². The predicted octanol–water partition coefficient (Wildman–Crippen LogP) is 7.72. The van der Waals surface area contributed by atoms with E-state index in [9.17, 15) is 0 Å². The molecule has 0 aliphatic carbocycles. The molecule has 0 aliphatic heterocycles. The number of benzene rings is 4. The lowest BCUT2D eigenvalue weighted by molar-refractivity contribution is 0.304. The van der Waals surface area contributed by atoms with E-state index in [1.54, 1.807) is 0 Å². The number of aryl methyl sites for hydroxylation is 1. The summed E-state index contributed by atoms with van der Waals surface area (Å²) < 4.78 is 8.44. The highest BCUT2D eigenvalue weighted by Crippen LogP contribution is 2.29. The predicted molar refractivity (Wildman–Crippen MR) is 135 cm³/mol. The average molecular weight is 418 g/mol. The highest BCUT2D eigenvalue weighted by Gasteiger charge is 2.09. The molecule has 0 fully saturated rings. The van der Waals surface area contributed by atoms with Gasteiger partial charge in [0.25, 0.3) is 0 Å². The van der Waals surface area contributed by atoms with E-state index in [1.165, 1.54) is 21.8 Å². The van der Waals surface area contributed by atoms with Gasteiger partial charge in [0.05, 0.1) is 6.61 Å². The third kappa shape index (κ3) is 4.04. The molecule has 0 radical (unpaired) electrons. The largest absolute Gasteiger partial charge is 0.494 e. The highest BCUT2D eigenvalue weighted by atomic mass is 16.5. The fourth-order valence-electron chi connectivity index (χ4n) is 4.36. The molecule has 158 valence electrons. The lowest BCUT2D eigenvalue weighted by Gasteiger charge is -2.10. The van der Waals surface area contributed by atoms with Crippen molar-refractivity contribution in [2.75, 3.05) is 6.61 Å². The van der Waals surface area contributed by atoms with Gasteiger partial charge in [-0.25, -0.2) is 0 Å². The third-order valence-corrected chi connectivity index (χ3v) is 6.05. The summed E-state index contributed by atoms with van der Waals surface area (Å²) in [6.07, 6.45) is 2.09. The number of unbranched alkanes of at least 4 members (excludes halogenated alkanes) is 1. The van der Waals surface area contributed by atoms with E-state index in [-0.39, 0.29) is 0 Å². The van der Waals surface area contributed by atoms with Crippen LogP contribution in [0.4, 0.5) is 0 Å². The first-order chi connectivity index (χ1) is 15.8. The van der Waals surface area contributed by atoms with Crippen molar-refractivity contribution in [3.8, 4) is 5.75 Å². The lowest BCUT2D eigenvalue weighted by atomic mass is 10.00. The van der Waals surface area contributed by atoms with Crippen LogP contribution in [0.25, 0.3) is 27.4 Å². The monoisotopic (exact) mass is 417 g/mol. The van der Waals surface area contributed by atoms with Gasteiger partial charge >= 0.3 is 0 Å². The average Bonchev–Trinajstić information content (AvgIpc) is 3.18. The van der Waals surface area contributed by atoms with Gasteiger partial charge in [-0.05, 0) is 53.8 Å². The Morgan fingerprint density at radius 3 is 1.84 bits per heavy atom. The van der Waals surface area contributed by atoms with Crippen molar-refractivity contribution in [3.63, 3.8) is 0 Å². The summed E-state index contributed by atoms with van der Waals surface area (Å²) in [6.45, 7) is 5.95. The molecule has 0 atom stereocenters. The molecular formula is C30H27NO. The van der Waals surface area contributed by atoms with Crippen molar-refractivity contribution in [1.29, 1.82) is 0 Å². The lowest BCUT2D eigenvalue weighted by Crippen LogP contribution is -2.02. The van der Waals surface area contributed by atoms with Crippen LogP contribution < -0.4 is 4.74 Å². The summed E-state index contributed by atoms with van der Waals surface area (Å²) in [5, 5.41) is 2.66. The molecule has 0 saturated carbocycles. The van der Waals surface area contributed by atoms with Gasteiger partial charge in [0, 0.05) is 28.4 Å². The highest BCUT2D eigenvalue weighted by molar-refractivity contribution is 6.07. The molecule has 5 aromatic rings. The Morgan fingerprint density at radius 2 is 1.19 bits per heavy atom. The molecule has 1 aromatic heterocycles. The second kappa shape index (κ2) is 9.15. The van der Waals surface area contributed by atoms with Gasteiger partial charge in [-0.1, -0.05) is 85.4 Å².